The molecule has 76 valence electrons. The average molecular weight is 188 g/mol. The van der Waals surface area contributed by atoms with E-state index < -0.39 is 11.9 Å². The Morgan fingerprint density at radius 2 is 1.85 bits per heavy atom. The second-order valence-corrected chi connectivity index (χ2v) is 2.28. The van der Waals surface area contributed by atoms with E-state index in [9.17, 15) is 9.59 Å². The largest absolute Gasteiger partial charge is 0.481 e. The van der Waals surface area contributed by atoms with E-state index in [-0.39, 0.29) is 6.42 Å². The molecule has 13 heavy (non-hydrogen) atoms. The van der Waals surface area contributed by atoms with E-state index in [4.69, 9.17) is 5.11 Å². The molecule has 4 heteroatoms. The molecule has 0 saturated carbocycles. The molecule has 0 aromatic rings. The number of carboxylic acid groups (broad SMARTS) is 1. The summed E-state index contributed by atoms with van der Waals surface area (Å²) in [6.45, 7) is 6.49. The van der Waals surface area contributed by atoms with Crippen LogP contribution < -0.4 is 0 Å². The first kappa shape index (κ1) is 14.5. The molecule has 4 nitrogen and oxygen atoms in total. The number of esters is 1. The van der Waals surface area contributed by atoms with Crippen molar-refractivity contribution in [2.24, 2.45) is 0 Å². The van der Waals surface area contributed by atoms with E-state index in [1.54, 1.807) is 0 Å². The Morgan fingerprint density at radius 1 is 1.38 bits per heavy atom. The molecule has 0 aromatic heterocycles. The minimum atomic E-state index is -0.710. The van der Waals surface area contributed by atoms with Crippen molar-refractivity contribution in [1.82, 2.24) is 0 Å². The zero-order valence-corrected chi connectivity index (χ0v) is 7.91. The Labute approximate surface area is 78.9 Å². The van der Waals surface area contributed by atoms with E-state index in [1.165, 1.54) is 7.11 Å². The first-order valence-electron chi connectivity index (χ1n) is 3.95. The van der Waals surface area contributed by atoms with Crippen LogP contribution >= 0.6 is 0 Å². The number of hydrogen-bond acceptors (Lipinski definition) is 3. The van der Waals surface area contributed by atoms with Gasteiger partial charge in [0, 0.05) is 6.42 Å². The number of methoxy groups -OCH3 is 1. The number of ether oxygens (including phenoxy) is 1. The monoisotopic (exact) mass is 188 g/mol. The van der Waals surface area contributed by atoms with Crippen LogP contribution in [-0.4, -0.2) is 24.2 Å². The van der Waals surface area contributed by atoms with Crippen molar-refractivity contribution in [3.63, 3.8) is 0 Å². The fourth-order valence-electron chi connectivity index (χ4n) is 0.453. The van der Waals surface area contributed by atoms with Crippen molar-refractivity contribution in [3.05, 3.63) is 13.8 Å². The van der Waals surface area contributed by atoms with Crippen LogP contribution in [0.1, 0.15) is 25.7 Å². The van der Waals surface area contributed by atoms with Crippen LogP contribution in [0.15, 0.2) is 0 Å². The summed E-state index contributed by atoms with van der Waals surface area (Å²) in [7, 11) is 1.29. The van der Waals surface area contributed by atoms with Crippen LogP contribution in [0, 0.1) is 13.8 Å². The van der Waals surface area contributed by atoms with E-state index in [0.29, 0.717) is 0 Å². The molecule has 0 spiro atoms. The normalized spacial score (nSPS) is 8.23. The zero-order chi connectivity index (χ0) is 10.7. The van der Waals surface area contributed by atoms with Gasteiger partial charge < -0.3 is 9.84 Å². The zero-order valence-electron chi connectivity index (χ0n) is 7.91. The molecular formula is C9H16O4. The topological polar surface area (TPSA) is 63.6 Å². The lowest BCUT2D eigenvalue weighted by Gasteiger charge is -1.89. The van der Waals surface area contributed by atoms with Gasteiger partial charge in [-0.3, -0.25) is 9.59 Å². The van der Waals surface area contributed by atoms with Gasteiger partial charge in [-0.1, -0.05) is 19.8 Å². The summed E-state index contributed by atoms with van der Waals surface area (Å²) < 4.78 is 4.00. The Hall–Kier alpha value is -1.06. The molecule has 0 aliphatic heterocycles. The predicted molar refractivity (Wildman–Crippen MR) is 48.8 cm³/mol. The number of carbonyl (C=O) groups is 2. The minimum Gasteiger partial charge on any atom is -0.481 e. The number of unbranched alkanes of at least 4 members (excludes halogenated alkanes) is 2. The van der Waals surface area contributed by atoms with Crippen LogP contribution in [0.25, 0.3) is 0 Å². The van der Waals surface area contributed by atoms with E-state index in [2.05, 4.69) is 18.6 Å². The number of aliphatic carboxylic acids is 1. The van der Waals surface area contributed by atoms with Crippen molar-refractivity contribution >= 4 is 11.9 Å². The lowest BCUT2D eigenvalue weighted by molar-refractivity contribution is -0.137. The van der Waals surface area contributed by atoms with Crippen LogP contribution in [0.4, 0.5) is 0 Å². The molecule has 0 bridgehead atoms. The van der Waals surface area contributed by atoms with Crippen molar-refractivity contribution in [2.45, 2.75) is 25.7 Å². The standard InChI is InChI=1S/C6H11O2.C3H5O2/c1-2-3-4-5-6(7)8;1-3(4)5-2/h1-5H2,(H,7,8);1H2,2H3. The Kier molecular flexibility index (Phi) is 12.2. The summed E-state index contributed by atoms with van der Waals surface area (Å²) >= 11 is 0. The molecule has 0 fully saturated rings. The first-order valence-corrected chi connectivity index (χ1v) is 3.95. The molecular weight excluding hydrogens is 172 g/mol. The third kappa shape index (κ3) is 24.8. The molecule has 0 amide bonds. The van der Waals surface area contributed by atoms with Crippen molar-refractivity contribution < 1.29 is 19.4 Å². The maximum atomic E-state index is 9.85. The number of hydrogen-bond donors (Lipinski definition) is 1. The summed E-state index contributed by atoms with van der Waals surface area (Å²) in [5.41, 5.74) is 0. The fraction of sp³-hybridized carbons (Fsp3) is 0.556. The summed E-state index contributed by atoms with van der Waals surface area (Å²) in [4.78, 5) is 19.3. The van der Waals surface area contributed by atoms with Gasteiger partial charge in [0.05, 0.1) is 14.0 Å². The van der Waals surface area contributed by atoms with Gasteiger partial charge in [0.15, 0.2) is 0 Å². The smallest absolute Gasteiger partial charge is 0.306 e. The number of rotatable bonds is 4. The van der Waals surface area contributed by atoms with Crippen molar-refractivity contribution in [1.29, 1.82) is 0 Å². The van der Waals surface area contributed by atoms with E-state index in [0.717, 1.165) is 19.3 Å². The van der Waals surface area contributed by atoms with Gasteiger partial charge in [-0.2, -0.15) is 0 Å². The summed E-state index contributed by atoms with van der Waals surface area (Å²) in [6, 6.07) is 0. The molecule has 2 radical (unpaired) electrons. The number of carbonyl (C=O) groups excluding carboxylic acids is 1. The molecule has 0 aliphatic carbocycles. The molecule has 0 unspecified atom stereocenters. The molecule has 0 aromatic carbocycles. The van der Waals surface area contributed by atoms with Crippen LogP contribution in [0.5, 0.6) is 0 Å². The average Bonchev–Trinajstić information content (AvgIpc) is 2.05. The minimum absolute atomic E-state index is 0.287. The van der Waals surface area contributed by atoms with Crippen LogP contribution in [0.2, 0.25) is 0 Å². The molecule has 0 heterocycles. The van der Waals surface area contributed by atoms with E-state index >= 15 is 0 Å². The maximum Gasteiger partial charge on any atom is 0.306 e. The number of carboxylic acids is 1. The SMILES string of the molecule is [CH2]C(=O)OC.[CH2]CCCCC(=O)O. The maximum absolute atomic E-state index is 9.85. The van der Waals surface area contributed by atoms with Crippen molar-refractivity contribution in [2.75, 3.05) is 7.11 Å². The third-order valence-electron chi connectivity index (χ3n) is 1.12. The highest BCUT2D eigenvalue weighted by Gasteiger charge is 1.92. The van der Waals surface area contributed by atoms with Gasteiger partial charge in [0.25, 0.3) is 0 Å². The summed E-state index contributed by atoms with van der Waals surface area (Å²) in [6.07, 6.45) is 2.81. The molecule has 0 aliphatic rings. The third-order valence-corrected chi connectivity index (χ3v) is 1.12. The van der Waals surface area contributed by atoms with Gasteiger partial charge in [-0.25, -0.2) is 0 Å². The Bertz CT molecular complexity index is 143. The lowest BCUT2D eigenvalue weighted by Crippen LogP contribution is -1.92. The van der Waals surface area contributed by atoms with Crippen molar-refractivity contribution in [3.8, 4) is 0 Å². The lowest BCUT2D eigenvalue weighted by atomic mass is 10.2. The quantitative estimate of drug-likeness (QED) is 0.536. The highest BCUT2D eigenvalue weighted by Crippen LogP contribution is 1.96. The predicted octanol–water partition coefficient (Wildman–Crippen LogP) is 1.46. The van der Waals surface area contributed by atoms with Crippen LogP contribution in [0.3, 0.4) is 0 Å². The molecule has 1 N–H and O–H groups in total. The van der Waals surface area contributed by atoms with E-state index in [1.807, 2.05) is 0 Å². The fourth-order valence-corrected chi connectivity index (χ4v) is 0.453. The van der Waals surface area contributed by atoms with Crippen LogP contribution in [-0.2, 0) is 14.3 Å². The second kappa shape index (κ2) is 10.9. The highest BCUT2D eigenvalue weighted by atomic mass is 16.5. The Morgan fingerprint density at radius 3 is 2.08 bits per heavy atom. The molecule has 0 rings (SSSR count). The van der Waals surface area contributed by atoms with Gasteiger partial charge >= 0.3 is 11.9 Å². The van der Waals surface area contributed by atoms with Gasteiger partial charge in [0.2, 0.25) is 0 Å². The molecule has 0 atom stereocenters. The van der Waals surface area contributed by atoms with Gasteiger partial charge in [-0.15, -0.1) is 0 Å². The van der Waals surface area contributed by atoms with Gasteiger partial charge in [0.1, 0.15) is 0 Å². The Balaban J connectivity index is 0. The van der Waals surface area contributed by atoms with Gasteiger partial charge in [-0.05, 0) is 6.42 Å². The first-order chi connectivity index (χ1) is 6.04. The summed E-state index contributed by atoms with van der Waals surface area (Å²) in [5.74, 6) is -1.21. The summed E-state index contributed by atoms with van der Waals surface area (Å²) in [5, 5.41) is 8.12. The second-order valence-electron chi connectivity index (χ2n) is 2.28. The molecule has 0 saturated heterocycles. The highest BCUT2D eigenvalue weighted by molar-refractivity contribution is 5.73.